The van der Waals surface area contributed by atoms with Gasteiger partial charge in [-0.15, -0.1) is 0 Å². The summed E-state index contributed by atoms with van der Waals surface area (Å²) in [6.07, 6.45) is 2.96. The van der Waals surface area contributed by atoms with E-state index in [1.54, 1.807) is 0 Å². The predicted molar refractivity (Wildman–Crippen MR) is 60.0 cm³/mol. The lowest BCUT2D eigenvalue weighted by atomic mass is 9.94. The summed E-state index contributed by atoms with van der Waals surface area (Å²) in [5.74, 6) is 0.373. The maximum atomic E-state index is 9.82. The van der Waals surface area contributed by atoms with E-state index in [1.807, 2.05) is 19.1 Å². The fraction of sp³-hybridized carbons (Fsp3) is 0.538. The predicted octanol–water partition coefficient (Wildman–Crippen LogP) is 2.32. The zero-order chi connectivity index (χ0) is 11.1. The topological polar surface area (TPSA) is 40.5 Å². The van der Waals surface area contributed by atoms with E-state index in [0.717, 1.165) is 30.4 Å². The molecule has 15 heavy (non-hydrogen) atoms. The van der Waals surface area contributed by atoms with Crippen molar-refractivity contribution in [2.75, 3.05) is 6.61 Å². The molecule has 82 valence electrons. The number of aliphatic hydroxyl groups excluding tert-OH is 1. The first-order valence-electron chi connectivity index (χ1n) is 5.46. The molecular formula is C13H18O2. The second-order valence-electron chi connectivity index (χ2n) is 4.90. The summed E-state index contributed by atoms with van der Waals surface area (Å²) in [4.78, 5) is 0. The number of phenols is 1. The van der Waals surface area contributed by atoms with Gasteiger partial charge in [-0.25, -0.2) is 0 Å². The fourth-order valence-corrected chi connectivity index (χ4v) is 1.97. The minimum Gasteiger partial charge on any atom is -0.508 e. The zero-order valence-corrected chi connectivity index (χ0v) is 9.38. The number of hydrogen-bond donors (Lipinski definition) is 2. The van der Waals surface area contributed by atoms with Gasteiger partial charge in [-0.3, -0.25) is 0 Å². The minimum atomic E-state index is 0.0686. The van der Waals surface area contributed by atoms with E-state index in [2.05, 4.69) is 6.92 Å². The molecule has 2 heteroatoms. The van der Waals surface area contributed by atoms with Crippen LogP contribution in [0.3, 0.4) is 0 Å². The highest BCUT2D eigenvalue weighted by atomic mass is 16.3. The molecule has 0 heterocycles. The molecule has 0 bridgehead atoms. The Morgan fingerprint density at radius 1 is 1.20 bits per heavy atom. The first kappa shape index (κ1) is 10.5. The third-order valence-corrected chi connectivity index (χ3v) is 3.55. The molecule has 1 aliphatic carbocycles. The summed E-state index contributed by atoms with van der Waals surface area (Å²) in [6, 6.07) is 3.86. The Hall–Kier alpha value is -1.02. The maximum absolute atomic E-state index is 9.82. The van der Waals surface area contributed by atoms with E-state index < -0.39 is 0 Å². The van der Waals surface area contributed by atoms with Gasteiger partial charge >= 0.3 is 0 Å². The van der Waals surface area contributed by atoms with Crippen LogP contribution in [-0.4, -0.2) is 16.8 Å². The van der Waals surface area contributed by atoms with Crippen LogP contribution in [-0.2, 0) is 6.42 Å². The average Bonchev–Trinajstić information content (AvgIpc) is 2.95. The van der Waals surface area contributed by atoms with Crippen molar-refractivity contribution in [1.29, 1.82) is 0 Å². The molecule has 0 saturated heterocycles. The molecule has 0 aromatic heterocycles. The lowest BCUT2D eigenvalue weighted by Crippen LogP contribution is -2.10. The summed E-state index contributed by atoms with van der Waals surface area (Å²) in [6.45, 7) is 4.29. The molecule has 2 N–H and O–H groups in total. The van der Waals surface area contributed by atoms with Crippen LogP contribution >= 0.6 is 0 Å². The van der Waals surface area contributed by atoms with Gasteiger partial charge in [-0.2, -0.15) is 0 Å². The van der Waals surface area contributed by atoms with E-state index >= 15 is 0 Å². The largest absolute Gasteiger partial charge is 0.508 e. The van der Waals surface area contributed by atoms with Crippen molar-refractivity contribution in [2.24, 2.45) is 5.41 Å². The van der Waals surface area contributed by atoms with E-state index in [-0.39, 0.29) is 12.0 Å². The van der Waals surface area contributed by atoms with Gasteiger partial charge in [0.2, 0.25) is 0 Å². The van der Waals surface area contributed by atoms with Gasteiger partial charge in [0.25, 0.3) is 0 Å². The Balaban J connectivity index is 2.25. The molecule has 1 aliphatic rings. The lowest BCUT2D eigenvalue weighted by Gasteiger charge is -2.14. The van der Waals surface area contributed by atoms with Crippen LogP contribution in [0, 0.1) is 19.3 Å². The molecule has 0 amide bonds. The molecule has 0 radical (unpaired) electrons. The van der Waals surface area contributed by atoms with Gasteiger partial charge in [0.05, 0.1) is 0 Å². The summed E-state index contributed by atoms with van der Waals surface area (Å²) in [5, 5.41) is 19.1. The second-order valence-corrected chi connectivity index (χ2v) is 4.90. The van der Waals surface area contributed by atoms with Crippen molar-refractivity contribution in [2.45, 2.75) is 33.1 Å². The van der Waals surface area contributed by atoms with E-state index in [1.165, 1.54) is 5.56 Å². The van der Waals surface area contributed by atoms with E-state index in [0.29, 0.717) is 5.75 Å². The Labute approximate surface area is 90.6 Å². The van der Waals surface area contributed by atoms with Crippen molar-refractivity contribution in [3.05, 3.63) is 28.8 Å². The SMILES string of the molecule is Cc1cc(O)c(CC2(CO)CC2)cc1C. The first-order chi connectivity index (χ1) is 7.06. The summed E-state index contributed by atoms with van der Waals surface area (Å²) in [5.41, 5.74) is 3.37. The minimum absolute atomic E-state index is 0.0686. The van der Waals surface area contributed by atoms with Crippen molar-refractivity contribution in [3.8, 4) is 5.75 Å². The van der Waals surface area contributed by atoms with E-state index in [4.69, 9.17) is 0 Å². The molecular weight excluding hydrogens is 188 g/mol. The number of aromatic hydroxyl groups is 1. The smallest absolute Gasteiger partial charge is 0.119 e. The Morgan fingerprint density at radius 3 is 2.33 bits per heavy atom. The standard InChI is InChI=1S/C13H18O2/c1-9-5-11(12(15)6-10(9)2)7-13(8-14)3-4-13/h5-6,14-15H,3-4,7-8H2,1-2H3. The third kappa shape index (κ3) is 2.00. The maximum Gasteiger partial charge on any atom is 0.119 e. The number of hydrogen-bond acceptors (Lipinski definition) is 2. The number of phenolic OH excluding ortho intramolecular Hbond substituents is 1. The Bertz CT molecular complexity index is 378. The zero-order valence-electron chi connectivity index (χ0n) is 9.38. The van der Waals surface area contributed by atoms with Gasteiger partial charge in [0.1, 0.15) is 5.75 Å². The van der Waals surface area contributed by atoms with Gasteiger partial charge < -0.3 is 10.2 Å². The highest BCUT2D eigenvalue weighted by molar-refractivity contribution is 5.41. The average molecular weight is 206 g/mol. The van der Waals surface area contributed by atoms with Crippen molar-refractivity contribution in [3.63, 3.8) is 0 Å². The molecule has 0 spiro atoms. The Morgan fingerprint density at radius 2 is 1.80 bits per heavy atom. The molecule has 0 atom stereocenters. The first-order valence-corrected chi connectivity index (χ1v) is 5.46. The van der Waals surface area contributed by atoms with Crippen LogP contribution in [0.1, 0.15) is 29.5 Å². The molecule has 2 nitrogen and oxygen atoms in total. The third-order valence-electron chi connectivity index (χ3n) is 3.55. The van der Waals surface area contributed by atoms with Gasteiger partial charge in [-0.05, 0) is 61.3 Å². The molecule has 2 rings (SSSR count). The highest BCUT2D eigenvalue weighted by Gasteiger charge is 2.42. The molecule has 0 aliphatic heterocycles. The van der Waals surface area contributed by atoms with Gasteiger partial charge in [0, 0.05) is 6.61 Å². The van der Waals surface area contributed by atoms with Crippen molar-refractivity contribution < 1.29 is 10.2 Å². The van der Waals surface area contributed by atoms with Crippen molar-refractivity contribution >= 4 is 0 Å². The summed E-state index contributed by atoms with van der Waals surface area (Å²) < 4.78 is 0. The van der Waals surface area contributed by atoms with Crippen LogP contribution in [0.15, 0.2) is 12.1 Å². The Kier molecular flexibility index (Phi) is 2.47. The lowest BCUT2D eigenvalue weighted by molar-refractivity contribution is 0.210. The van der Waals surface area contributed by atoms with Crippen LogP contribution < -0.4 is 0 Å². The normalized spacial score (nSPS) is 17.8. The van der Waals surface area contributed by atoms with Gasteiger partial charge in [0.15, 0.2) is 0 Å². The molecule has 1 aromatic rings. The molecule has 1 fully saturated rings. The monoisotopic (exact) mass is 206 g/mol. The molecule has 0 unspecified atom stereocenters. The van der Waals surface area contributed by atoms with Crippen LogP contribution in [0.4, 0.5) is 0 Å². The number of aliphatic hydroxyl groups is 1. The molecule has 1 aromatic carbocycles. The fourth-order valence-electron chi connectivity index (χ4n) is 1.97. The van der Waals surface area contributed by atoms with E-state index in [9.17, 15) is 10.2 Å². The molecule has 1 saturated carbocycles. The number of benzene rings is 1. The highest BCUT2D eigenvalue weighted by Crippen LogP contribution is 2.48. The summed E-state index contributed by atoms with van der Waals surface area (Å²) >= 11 is 0. The quantitative estimate of drug-likeness (QED) is 0.796. The second kappa shape index (κ2) is 3.53. The van der Waals surface area contributed by atoms with Crippen LogP contribution in [0.2, 0.25) is 0 Å². The van der Waals surface area contributed by atoms with Crippen molar-refractivity contribution in [1.82, 2.24) is 0 Å². The van der Waals surface area contributed by atoms with Crippen LogP contribution in [0.5, 0.6) is 5.75 Å². The van der Waals surface area contributed by atoms with Crippen LogP contribution in [0.25, 0.3) is 0 Å². The number of rotatable bonds is 3. The number of aryl methyl sites for hydroxylation is 2. The van der Waals surface area contributed by atoms with Gasteiger partial charge in [-0.1, -0.05) is 6.07 Å². The summed E-state index contributed by atoms with van der Waals surface area (Å²) in [7, 11) is 0.